The summed E-state index contributed by atoms with van der Waals surface area (Å²) in [7, 11) is 0. The fourth-order valence-electron chi connectivity index (χ4n) is 3.34. The second-order valence-electron chi connectivity index (χ2n) is 5.39. The summed E-state index contributed by atoms with van der Waals surface area (Å²) in [5.41, 5.74) is 0.976. The van der Waals surface area contributed by atoms with Crippen molar-refractivity contribution in [1.82, 2.24) is 14.8 Å². The van der Waals surface area contributed by atoms with Crippen molar-refractivity contribution in [3.05, 3.63) is 48.5 Å². The van der Waals surface area contributed by atoms with Crippen LogP contribution in [-0.4, -0.2) is 21.4 Å². The Morgan fingerprint density at radius 3 is 2.90 bits per heavy atom. The third-order valence-corrected chi connectivity index (χ3v) is 4.16. The van der Waals surface area contributed by atoms with Crippen LogP contribution in [0.3, 0.4) is 0 Å². The molecule has 4 nitrogen and oxygen atoms in total. The molecule has 0 aliphatic carbocycles. The van der Waals surface area contributed by atoms with Crippen LogP contribution in [0.2, 0.25) is 0 Å². The van der Waals surface area contributed by atoms with Crippen LogP contribution in [-0.2, 0) is 10.3 Å². The first-order chi connectivity index (χ1) is 9.87. The van der Waals surface area contributed by atoms with Crippen molar-refractivity contribution in [2.75, 3.05) is 6.61 Å². The lowest BCUT2D eigenvalue weighted by atomic mass is 9.79. The molecule has 1 aromatic heterocycles. The highest BCUT2D eigenvalue weighted by atomic mass is 16.5. The molecule has 20 heavy (non-hydrogen) atoms. The van der Waals surface area contributed by atoms with Crippen molar-refractivity contribution in [2.24, 2.45) is 0 Å². The molecule has 1 saturated heterocycles. The molecule has 0 N–H and O–H groups in total. The van der Waals surface area contributed by atoms with E-state index in [2.05, 4.69) is 47.3 Å². The summed E-state index contributed by atoms with van der Waals surface area (Å²) >= 11 is 0. The van der Waals surface area contributed by atoms with E-state index < -0.39 is 0 Å². The number of hydrogen-bond acceptors (Lipinski definition) is 3. The molecular weight excluding hydrogens is 250 g/mol. The normalized spacial score (nSPS) is 26.6. The van der Waals surface area contributed by atoms with Gasteiger partial charge in [-0.15, -0.1) is 0 Å². The van der Waals surface area contributed by atoms with Gasteiger partial charge in [0.05, 0.1) is 6.04 Å². The van der Waals surface area contributed by atoms with Crippen LogP contribution in [0.25, 0.3) is 0 Å². The largest absolute Gasteiger partial charge is 0.368 e. The summed E-state index contributed by atoms with van der Waals surface area (Å²) in [5, 5.41) is 4.37. The first-order valence-corrected chi connectivity index (χ1v) is 7.40. The zero-order valence-electron chi connectivity index (χ0n) is 11.9. The molecule has 1 aromatic carbocycles. The Kier molecular flexibility index (Phi) is 3.83. The second-order valence-corrected chi connectivity index (χ2v) is 5.39. The van der Waals surface area contributed by atoms with Crippen LogP contribution >= 0.6 is 0 Å². The quantitative estimate of drug-likeness (QED) is 0.856. The minimum absolute atomic E-state index is 0.223. The van der Waals surface area contributed by atoms with E-state index in [9.17, 15) is 0 Å². The van der Waals surface area contributed by atoms with Crippen LogP contribution < -0.4 is 0 Å². The van der Waals surface area contributed by atoms with E-state index in [1.165, 1.54) is 5.56 Å². The minimum Gasteiger partial charge on any atom is -0.368 e. The summed E-state index contributed by atoms with van der Waals surface area (Å²) in [4.78, 5) is 4.11. The smallest absolute Gasteiger partial charge is 0.137 e. The van der Waals surface area contributed by atoms with Gasteiger partial charge >= 0.3 is 0 Å². The zero-order chi connectivity index (χ0) is 13.8. The van der Waals surface area contributed by atoms with Gasteiger partial charge in [0.2, 0.25) is 0 Å². The predicted octanol–water partition coefficient (Wildman–Crippen LogP) is 3.33. The molecule has 2 atom stereocenters. The second kappa shape index (κ2) is 5.75. The van der Waals surface area contributed by atoms with Crippen LogP contribution in [0.4, 0.5) is 0 Å². The number of aromatic nitrogens is 3. The maximum Gasteiger partial charge on any atom is 0.137 e. The Morgan fingerprint density at radius 1 is 1.35 bits per heavy atom. The number of rotatable bonds is 4. The number of hydrogen-bond donors (Lipinski definition) is 0. The maximum atomic E-state index is 6.34. The van der Waals surface area contributed by atoms with Crippen molar-refractivity contribution in [2.45, 2.75) is 44.2 Å². The lowest BCUT2D eigenvalue weighted by Crippen LogP contribution is -2.43. The van der Waals surface area contributed by atoms with E-state index in [-0.39, 0.29) is 11.6 Å². The number of benzene rings is 1. The van der Waals surface area contributed by atoms with E-state index >= 15 is 0 Å². The van der Waals surface area contributed by atoms with Crippen molar-refractivity contribution >= 4 is 0 Å². The van der Waals surface area contributed by atoms with Crippen LogP contribution in [0.15, 0.2) is 43.0 Å². The zero-order valence-corrected chi connectivity index (χ0v) is 11.9. The van der Waals surface area contributed by atoms with E-state index in [1.54, 1.807) is 6.33 Å². The monoisotopic (exact) mass is 271 g/mol. The van der Waals surface area contributed by atoms with Crippen molar-refractivity contribution in [1.29, 1.82) is 0 Å². The molecule has 2 unspecified atom stereocenters. The van der Waals surface area contributed by atoms with Gasteiger partial charge in [0, 0.05) is 6.61 Å². The Bertz CT molecular complexity index is 522. The lowest BCUT2D eigenvalue weighted by molar-refractivity contribution is -0.128. The Hall–Kier alpha value is -1.68. The van der Waals surface area contributed by atoms with E-state index in [0.717, 1.165) is 32.3 Å². The van der Waals surface area contributed by atoms with E-state index in [0.29, 0.717) is 0 Å². The van der Waals surface area contributed by atoms with Gasteiger partial charge in [-0.05, 0) is 24.8 Å². The maximum absolute atomic E-state index is 6.34. The molecule has 3 rings (SSSR count). The molecule has 106 valence electrons. The van der Waals surface area contributed by atoms with E-state index in [4.69, 9.17) is 4.74 Å². The third kappa shape index (κ3) is 2.24. The first-order valence-electron chi connectivity index (χ1n) is 7.40. The molecule has 1 aliphatic rings. The summed E-state index contributed by atoms with van der Waals surface area (Å²) < 4.78 is 8.31. The highest BCUT2D eigenvalue weighted by molar-refractivity contribution is 5.25. The molecule has 0 radical (unpaired) electrons. The Morgan fingerprint density at radius 2 is 2.20 bits per heavy atom. The van der Waals surface area contributed by atoms with Gasteiger partial charge in [-0.3, -0.25) is 0 Å². The average Bonchev–Trinajstić information content (AvgIpc) is 3.03. The first kappa shape index (κ1) is 13.3. The topological polar surface area (TPSA) is 39.9 Å². The standard InChI is InChI=1S/C16H21N3O/c1-2-10-16(14-7-4-3-5-8-14)15(9-6-11-20-16)19-13-17-12-18-19/h3-5,7-8,12-13,15H,2,6,9-11H2,1H3. The third-order valence-electron chi connectivity index (χ3n) is 4.16. The molecule has 1 aliphatic heterocycles. The van der Waals surface area contributed by atoms with Crippen molar-refractivity contribution < 1.29 is 4.74 Å². The number of nitrogens with zero attached hydrogens (tertiary/aromatic N) is 3. The summed E-state index contributed by atoms with van der Waals surface area (Å²) in [6, 6.07) is 10.8. The van der Waals surface area contributed by atoms with Gasteiger partial charge in [-0.2, -0.15) is 5.10 Å². The van der Waals surface area contributed by atoms with Gasteiger partial charge in [0.15, 0.2) is 0 Å². The van der Waals surface area contributed by atoms with Gasteiger partial charge in [-0.25, -0.2) is 9.67 Å². The fraction of sp³-hybridized carbons (Fsp3) is 0.500. The minimum atomic E-state index is -0.276. The van der Waals surface area contributed by atoms with Crippen LogP contribution in [0, 0.1) is 0 Å². The van der Waals surface area contributed by atoms with Crippen LogP contribution in [0.5, 0.6) is 0 Å². The molecule has 0 amide bonds. The average molecular weight is 271 g/mol. The SMILES string of the molecule is CCCC1(c2ccccc2)OCCCC1n1cncn1. The molecular formula is C16H21N3O. The van der Waals surface area contributed by atoms with Crippen LogP contribution in [0.1, 0.15) is 44.2 Å². The van der Waals surface area contributed by atoms with E-state index in [1.807, 2.05) is 11.0 Å². The fourth-order valence-corrected chi connectivity index (χ4v) is 3.34. The molecule has 0 saturated carbocycles. The number of ether oxygens (including phenoxy) is 1. The highest BCUT2D eigenvalue weighted by Crippen LogP contribution is 2.45. The molecule has 1 fully saturated rings. The molecule has 4 heteroatoms. The molecule has 0 bridgehead atoms. The van der Waals surface area contributed by atoms with Crippen molar-refractivity contribution in [3.8, 4) is 0 Å². The Balaban J connectivity index is 2.06. The lowest BCUT2D eigenvalue weighted by Gasteiger charge is -2.44. The molecule has 0 spiro atoms. The molecule has 2 aromatic rings. The summed E-state index contributed by atoms with van der Waals surface area (Å²) in [6.07, 6.45) is 7.66. The van der Waals surface area contributed by atoms with Gasteiger partial charge in [0.1, 0.15) is 18.3 Å². The summed E-state index contributed by atoms with van der Waals surface area (Å²) in [5.74, 6) is 0. The van der Waals surface area contributed by atoms with Gasteiger partial charge < -0.3 is 4.74 Å². The van der Waals surface area contributed by atoms with Gasteiger partial charge in [-0.1, -0.05) is 43.7 Å². The predicted molar refractivity (Wildman–Crippen MR) is 77.3 cm³/mol. The Labute approximate surface area is 119 Å². The highest BCUT2D eigenvalue weighted by Gasteiger charge is 2.44. The van der Waals surface area contributed by atoms with Gasteiger partial charge in [0.25, 0.3) is 0 Å². The summed E-state index contributed by atoms with van der Waals surface area (Å²) in [6.45, 7) is 3.03. The van der Waals surface area contributed by atoms with Crippen molar-refractivity contribution in [3.63, 3.8) is 0 Å². The molecule has 2 heterocycles.